The molecule has 0 bridgehead atoms. The summed E-state index contributed by atoms with van der Waals surface area (Å²) in [4.78, 5) is 25.2. The van der Waals surface area contributed by atoms with Gasteiger partial charge in [-0.15, -0.1) is 0 Å². The topological polar surface area (TPSA) is 54.9 Å². The minimum absolute atomic E-state index is 0.333. The van der Waals surface area contributed by atoms with Gasteiger partial charge in [0.2, 0.25) is 0 Å². The number of aromatic nitrogens is 2. The van der Waals surface area contributed by atoms with Crippen molar-refractivity contribution in [2.24, 2.45) is 0 Å². The van der Waals surface area contributed by atoms with Crippen molar-refractivity contribution in [1.29, 1.82) is 0 Å². The van der Waals surface area contributed by atoms with E-state index in [2.05, 4.69) is 4.98 Å². The van der Waals surface area contributed by atoms with Crippen molar-refractivity contribution in [2.75, 3.05) is 0 Å². The molecule has 0 saturated heterocycles. The fourth-order valence-corrected chi connectivity index (χ4v) is 1.24. The van der Waals surface area contributed by atoms with E-state index in [1.807, 2.05) is 6.07 Å². The molecule has 0 aliphatic heterocycles. The zero-order valence-corrected chi connectivity index (χ0v) is 7.31. The van der Waals surface area contributed by atoms with Crippen LogP contribution in [0.2, 0.25) is 0 Å². The van der Waals surface area contributed by atoms with Gasteiger partial charge in [0.15, 0.2) is 0 Å². The second-order valence-electron chi connectivity index (χ2n) is 2.79. The van der Waals surface area contributed by atoms with E-state index >= 15 is 0 Å². The summed E-state index contributed by atoms with van der Waals surface area (Å²) in [7, 11) is 0. The van der Waals surface area contributed by atoms with E-state index in [0.29, 0.717) is 5.69 Å². The molecule has 0 unspecified atom stereocenters. The summed E-state index contributed by atoms with van der Waals surface area (Å²) >= 11 is 0. The van der Waals surface area contributed by atoms with Gasteiger partial charge in [0, 0.05) is 12.3 Å². The van der Waals surface area contributed by atoms with Crippen molar-refractivity contribution < 1.29 is 0 Å². The molecule has 1 heterocycles. The van der Waals surface area contributed by atoms with Crippen molar-refractivity contribution >= 4 is 0 Å². The number of nitrogens with one attached hydrogen (secondary N) is 1. The van der Waals surface area contributed by atoms with Crippen molar-refractivity contribution in [2.45, 2.75) is 0 Å². The smallest absolute Gasteiger partial charge is 0.314 e. The molecule has 0 spiro atoms. The second kappa shape index (κ2) is 3.33. The lowest BCUT2D eigenvalue weighted by Gasteiger charge is -2.01. The first kappa shape index (κ1) is 8.50. The Morgan fingerprint density at radius 3 is 2.36 bits per heavy atom. The number of nitrogens with zero attached hydrogens (tertiary/aromatic N) is 1. The van der Waals surface area contributed by atoms with Crippen molar-refractivity contribution in [1.82, 2.24) is 9.55 Å². The molecule has 0 fully saturated rings. The molecule has 70 valence electrons. The van der Waals surface area contributed by atoms with Gasteiger partial charge in [-0.1, -0.05) is 18.2 Å². The first-order valence-corrected chi connectivity index (χ1v) is 4.15. The van der Waals surface area contributed by atoms with E-state index in [-0.39, 0.29) is 5.56 Å². The third-order valence-electron chi connectivity index (χ3n) is 1.87. The highest BCUT2D eigenvalue weighted by atomic mass is 16.2. The maximum absolute atomic E-state index is 11.4. The van der Waals surface area contributed by atoms with Gasteiger partial charge in [-0.2, -0.15) is 0 Å². The molecule has 1 aromatic heterocycles. The van der Waals surface area contributed by atoms with Crippen molar-refractivity contribution in [3.8, 4) is 5.69 Å². The van der Waals surface area contributed by atoms with Crippen molar-refractivity contribution in [3.63, 3.8) is 0 Å². The number of benzene rings is 1. The Labute approximate surface area is 79.5 Å². The summed E-state index contributed by atoms with van der Waals surface area (Å²) in [5.74, 6) is 0. The van der Waals surface area contributed by atoms with Gasteiger partial charge in [0.25, 0.3) is 5.56 Å². The number of hydrogen-bond donors (Lipinski definition) is 1. The van der Waals surface area contributed by atoms with Crippen LogP contribution in [-0.4, -0.2) is 9.55 Å². The van der Waals surface area contributed by atoms with Crippen molar-refractivity contribution in [3.05, 3.63) is 63.4 Å². The lowest BCUT2D eigenvalue weighted by Crippen LogP contribution is -2.32. The summed E-state index contributed by atoms with van der Waals surface area (Å²) in [5.41, 5.74) is -0.192. The molecule has 1 N–H and O–H groups in total. The number of rotatable bonds is 1. The molecule has 0 radical (unpaired) electrons. The van der Waals surface area contributed by atoms with Gasteiger partial charge in [-0.25, -0.2) is 9.36 Å². The number of H-pyrrole nitrogens is 1. The fourth-order valence-electron chi connectivity index (χ4n) is 1.24. The molecule has 0 aliphatic carbocycles. The van der Waals surface area contributed by atoms with Crippen LogP contribution in [0.3, 0.4) is 0 Å². The zero-order valence-electron chi connectivity index (χ0n) is 7.31. The lowest BCUT2D eigenvalue weighted by molar-refractivity contribution is 0.875. The van der Waals surface area contributed by atoms with E-state index in [0.717, 1.165) is 4.57 Å². The van der Waals surface area contributed by atoms with E-state index in [1.54, 1.807) is 24.3 Å². The number of para-hydroxylation sites is 1. The van der Waals surface area contributed by atoms with Crippen LogP contribution >= 0.6 is 0 Å². The van der Waals surface area contributed by atoms with Crippen LogP contribution in [0.4, 0.5) is 0 Å². The maximum atomic E-state index is 11.4. The molecular formula is C10H8N2O2. The van der Waals surface area contributed by atoms with Gasteiger partial charge >= 0.3 is 5.69 Å². The number of hydrogen-bond acceptors (Lipinski definition) is 2. The van der Waals surface area contributed by atoms with Gasteiger partial charge in [-0.05, 0) is 12.1 Å². The molecule has 0 aliphatic rings. The summed E-state index contributed by atoms with van der Waals surface area (Å²) in [6, 6.07) is 10.1. The largest absolute Gasteiger partial charge is 0.332 e. The first-order valence-electron chi connectivity index (χ1n) is 4.15. The van der Waals surface area contributed by atoms with Gasteiger partial charge in [0.05, 0.1) is 5.69 Å². The Bertz CT molecular complexity index is 512. The average molecular weight is 188 g/mol. The standard InChI is InChI=1S/C10H8N2O2/c13-9-6-7-11-10(14)12(9)8-4-2-1-3-5-8/h1-7H,(H,11,14). The SMILES string of the molecule is O=c1cc[nH]c(=O)n1-c1ccccc1. The highest BCUT2D eigenvalue weighted by Crippen LogP contribution is 1.99. The highest BCUT2D eigenvalue weighted by Gasteiger charge is 2.00. The van der Waals surface area contributed by atoms with Crippen LogP contribution in [0.15, 0.2) is 52.2 Å². The third-order valence-corrected chi connectivity index (χ3v) is 1.87. The Hall–Kier alpha value is -2.10. The first-order chi connectivity index (χ1) is 6.79. The Kier molecular flexibility index (Phi) is 2.02. The van der Waals surface area contributed by atoms with E-state index in [4.69, 9.17) is 0 Å². The maximum Gasteiger partial charge on any atom is 0.332 e. The minimum atomic E-state index is -0.427. The molecular weight excluding hydrogens is 180 g/mol. The molecule has 2 aromatic rings. The van der Waals surface area contributed by atoms with Crippen LogP contribution in [0.5, 0.6) is 0 Å². The van der Waals surface area contributed by atoms with Gasteiger partial charge in [-0.3, -0.25) is 4.79 Å². The zero-order chi connectivity index (χ0) is 9.97. The van der Waals surface area contributed by atoms with E-state index in [1.165, 1.54) is 12.3 Å². The van der Waals surface area contributed by atoms with Gasteiger partial charge in [0.1, 0.15) is 0 Å². The fraction of sp³-hybridized carbons (Fsp3) is 0. The Morgan fingerprint density at radius 2 is 1.71 bits per heavy atom. The Morgan fingerprint density at radius 1 is 1.00 bits per heavy atom. The Balaban J connectivity index is 2.76. The molecule has 4 heteroatoms. The minimum Gasteiger partial charge on any atom is -0.314 e. The summed E-state index contributed by atoms with van der Waals surface area (Å²) in [6.07, 6.45) is 1.34. The van der Waals surface area contributed by atoms with Crippen LogP contribution in [-0.2, 0) is 0 Å². The second-order valence-corrected chi connectivity index (χ2v) is 2.79. The number of aromatic amines is 1. The summed E-state index contributed by atoms with van der Waals surface area (Å²) in [6.45, 7) is 0. The van der Waals surface area contributed by atoms with Crippen LogP contribution in [0.25, 0.3) is 5.69 Å². The molecule has 4 nitrogen and oxygen atoms in total. The summed E-state index contributed by atoms with van der Waals surface area (Å²) in [5, 5.41) is 0. The van der Waals surface area contributed by atoms with E-state index in [9.17, 15) is 9.59 Å². The highest BCUT2D eigenvalue weighted by molar-refractivity contribution is 5.30. The lowest BCUT2D eigenvalue weighted by atomic mass is 10.3. The van der Waals surface area contributed by atoms with Crippen LogP contribution < -0.4 is 11.2 Å². The quantitative estimate of drug-likeness (QED) is 0.709. The normalized spacial score (nSPS) is 10.0. The monoisotopic (exact) mass is 188 g/mol. The predicted molar refractivity (Wildman–Crippen MR) is 52.7 cm³/mol. The summed E-state index contributed by atoms with van der Waals surface area (Å²) < 4.78 is 1.08. The third kappa shape index (κ3) is 1.37. The predicted octanol–water partition coefficient (Wildman–Crippen LogP) is 0.526. The van der Waals surface area contributed by atoms with E-state index < -0.39 is 5.69 Å². The van der Waals surface area contributed by atoms with Crippen LogP contribution in [0.1, 0.15) is 0 Å². The molecule has 2 rings (SSSR count). The average Bonchev–Trinajstić information content (AvgIpc) is 2.19. The molecule has 14 heavy (non-hydrogen) atoms. The molecule has 0 saturated carbocycles. The molecule has 0 amide bonds. The van der Waals surface area contributed by atoms with Crippen LogP contribution in [0, 0.1) is 0 Å². The molecule has 1 aromatic carbocycles. The molecule has 0 atom stereocenters. The van der Waals surface area contributed by atoms with Gasteiger partial charge < -0.3 is 4.98 Å².